The molecule has 1 amide bonds. The molecule has 2 aliphatic rings. The van der Waals surface area contributed by atoms with Crippen LogP contribution >= 0.6 is 0 Å². The fourth-order valence-corrected chi connectivity index (χ4v) is 3.28. The molecule has 1 aromatic carbocycles. The molecule has 0 saturated carbocycles. The van der Waals surface area contributed by atoms with Crippen molar-refractivity contribution in [3.05, 3.63) is 35.4 Å². The molecule has 4 N–H and O–H groups in total. The van der Waals surface area contributed by atoms with Crippen LogP contribution < -0.4 is 10.6 Å². The van der Waals surface area contributed by atoms with Gasteiger partial charge in [-0.05, 0) is 30.4 Å². The molecule has 0 radical (unpaired) electrons. The van der Waals surface area contributed by atoms with Crippen LogP contribution in [0.1, 0.15) is 30.4 Å². The van der Waals surface area contributed by atoms with E-state index >= 15 is 0 Å². The minimum atomic E-state index is -1.18. The second-order valence-corrected chi connectivity index (χ2v) is 6.35. The first-order chi connectivity index (χ1) is 11.5. The lowest BCUT2D eigenvalue weighted by Gasteiger charge is -2.33. The highest BCUT2D eigenvalue weighted by Crippen LogP contribution is 2.20. The van der Waals surface area contributed by atoms with Crippen molar-refractivity contribution in [2.75, 3.05) is 0 Å². The first-order valence-corrected chi connectivity index (χ1v) is 8.19. The Balaban J connectivity index is 1.53. The third-order valence-electron chi connectivity index (χ3n) is 4.60. The monoisotopic (exact) mass is 332 g/mol. The fraction of sp³-hybridized carbons (Fsp3) is 0.500. The number of carbonyl (C=O) groups is 2. The van der Waals surface area contributed by atoms with Crippen molar-refractivity contribution in [2.24, 2.45) is 0 Å². The summed E-state index contributed by atoms with van der Waals surface area (Å²) in [6, 6.07) is 7.65. The predicted molar refractivity (Wildman–Crippen MR) is 87.0 cm³/mol. The van der Waals surface area contributed by atoms with Gasteiger partial charge in [-0.2, -0.15) is 0 Å². The summed E-state index contributed by atoms with van der Waals surface area (Å²) in [5, 5.41) is 24.8. The summed E-state index contributed by atoms with van der Waals surface area (Å²) in [6.07, 6.45) is 0.945. The molecule has 24 heavy (non-hydrogen) atoms. The smallest absolute Gasteiger partial charge is 0.478 e. The maximum absolute atomic E-state index is 12.4. The Kier molecular flexibility index (Phi) is 5.18. The Hall–Kier alpha value is -1.90. The maximum Gasteiger partial charge on any atom is 0.478 e. The van der Waals surface area contributed by atoms with E-state index in [9.17, 15) is 14.6 Å². The molecule has 7 nitrogen and oxygen atoms in total. The first-order valence-electron chi connectivity index (χ1n) is 8.19. The molecule has 128 valence electrons. The number of hydrogen-bond donors (Lipinski definition) is 4. The molecule has 2 heterocycles. The van der Waals surface area contributed by atoms with Gasteiger partial charge in [0.1, 0.15) is 0 Å². The van der Waals surface area contributed by atoms with Crippen LogP contribution in [0, 0.1) is 0 Å². The molecule has 3 rings (SSSR count). The van der Waals surface area contributed by atoms with E-state index in [1.807, 2.05) is 24.3 Å². The number of aliphatic carboxylic acids is 1. The number of carboxylic acids is 1. The van der Waals surface area contributed by atoms with Crippen LogP contribution in [0.5, 0.6) is 0 Å². The molecule has 1 aromatic rings. The lowest BCUT2D eigenvalue weighted by molar-refractivity contribution is -0.139. The number of carbonyl (C=O) groups excluding carboxylic acids is 1. The predicted octanol–water partition coefficient (Wildman–Crippen LogP) is -0.141. The highest BCUT2D eigenvalue weighted by atomic mass is 16.5. The third kappa shape index (κ3) is 3.95. The number of carboxylic acid groups (broad SMARTS) is 1. The van der Waals surface area contributed by atoms with E-state index < -0.39 is 25.1 Å². The van der Waals surface area contributed by atoms with Gasteiger partial charge in [0.25, 0.3) is 0 Å². The zero-order valence-corrected chi connectivity index (χ0v) is 13.3. The van der Waals surface area contributed by atoms with Crippen molar-refractivity contribution in [1.82, 2.24) is 10.6 Å². The van der Waals surface area contributed by atoms with Gasteiger partial charge in [0.2, 0.25) is 5.91 Å². The van der Waals surface area contributed by atoms with Crippen LogP contribution in [-0.2, 0) is 27.2 Å². The van der Waals surface area contributed by atoms with Crippen LogP contribution in [0.15, 0.2) is 24.3 Å². The largest absolute Gasteiger partial charge is 0.481 e. The van der Waals surface area contributed by atoms with Crippen LogP contribution in [0.4, 0.5) is 0 Å². The van der Waals surface area contributed by atoms with E-state index in [1.165, 1.54) is 5.56 Å². The number of hydrogen-bond acceptors (Lipinski definition) is 5. The quantitative estimate of drug-likeness (QED) is 0.572. The molecule has 1 fully saturated rings. The van der Waals surface area contributed by atoms with Crippen molar-refractivity contribution in [3.8, 4) is 0 Å². The molecule has 8 heteroatoms. The summed E-state index contributed by atoms with van der Waals surface area (Å²) in [5.41, 5.74) is 2.34. The van der Waals surface area contributed by atoms with Gasteiger partial charge in [-0.25, -0.2) is 0 Å². The molecule has 0 spiro atoms. The average Bonchev–Trinajstić information content (AvgIpc) is 2.56. The van der Waals surface area contributed by atoms with E-state index in [2.05, 4.69) is 10.6 Å². The molecule has 0 aliphatic carbocycles. The van der Waals surface area contributed by atoms with Gasteiger partial charge in [0.15, 0.2) is 0 Å². The third-order valence-corrected chi connectivity index (χ3v) is 4.60. The second kappa shape index (κ2) is 7.33. The van der Waals surface area contributed by atoms with E-state index in [1.54, 1.807) is 0 Å². The Morgan fingerprint density at radius 3 is 2.75 bits per heavy atom. The molecular formula is C16H21BN2O5. The van der Waals surface area contributed by atoms with Gasteiger partial charge in [-0.3, -0.25) is 9.59 Å². The highest BCUT2D eigenvalue weighted by molar-refractivity contribution is 6.45. The summed E-state index contributed by atoms with van der Waals surface area (Å²) in [6.45, 7) is 0.638. The Bertz CT molecular complexity index is 626. The van der Waals surface area contributed by atoms with Crippen molar-refractivity contribution in [1.29, 1.82) is 0 Å². The topological polar surface area (TPSA) is 108 Å². The van der Waals surface area contributed by atoms with E-state index in [0.29, 0.717) is 25.8 Å². The summed E-state index contributed by atoms with van der Waals surface area (Å²) < 4.78 is 5.29. The average molecular weight is 332 g/mol. The van der Waals surface area contributed by atoms with Gasteiger partial charge >= 0.3 is 13.1 Å². The fourth-order valence-electron chi connectivity index (χ4n) is 3.28. The summed E-state index contributed by atoms with van der Waals surface area (Å²) in [5.74, 6) is -1.64. The lowest BCUT2D eigenvalue weighted by atomic mass is 9.72. The van der Waals surface area contributed by atoms with Crippen LogP contribution in [0.3, 0.4) is 0 Å². The molecule has 3 atom stereocenters. The Labute approximate surface area is 140 Å². The molecule has 0 aromatic heterocycles. The first kappa shape index (κ1) is 16.9. The summed E-state index contributed by atoms with van der Waals surface area (Å²) in [7, 11) is -1.18. The van der Waals surface area contributed by atoms with E-state index in [4.69, 9.17) is 9.76 Å². The van der Waals surface area contributed by atoms with Gasteiger partial charge in [-0.15, -0.1) is 0 Å². The number of amides is 1. The molecule has 0 bridgehead atoms. The standard InChI is InChI=1S/C16H21BN2O5/c20-15(21)8-12-5-6-14(17(23)24-12)19-16(22)13-7-10-3-1-2-4-11(10)9-18-13/h1-4,12-14,18,23H,5-9H2,(H,19,22)(H,20,21)/t12?,13-,14+/m1/s1. The second-order valence-electron chi connectivity index (χ2n) is 6.35. The van der Waals surface area contributed by atoms with Gasteiger partial charge in [0.05, 0.1) is 24.5 Å². The van der Waals surface area contributed by atoms with Crippen LogP contribution in [0.2, 0.25) is 0 Å². The highest BCUT2D eigenvalue weighted by Gasteiger charge is 2.38. The minimum absolute atomic E-state index is 0.140. The Morgan fingerprint density at radius 2 is 2.04 bits per heavy atom. The lowest BCUT2D eigenvalue weighted by Crippen LogP contribution is -2.57. The van der Waals surface area contributed by atoms with Crippen molar-refractivity contribution in [3.63, 3.8) is 0 Å². The van der Waals surface area contributed by atoms with Gasteiger partial charge in [-0.1, -0.05) is 24.3 Å². The molecule has 2 aliphatic heterocycles. The van der Waals surface area contributed by atoms with Crippen LogP contribution in [0.25, 0.3) is 0 Å². The number of benzene rings is 1. The zero-order chi connectivity index (χ0) is 17.1. The normalized spacial score (nSPS) is 26.5. The number of fused-ring (bicyclic) bond motifs is 1. The maximum atomic E-state index is 12.4. The zero-order valence-electron chi connectivity index (χ0n) is 13.3. The van der Waals surface area contributed by atoms with Crippen molar-refractivity contribution < 1.29 is 24.4 Å². The van der Waals surface area contributed by atoms with Gasteiger partial charge < -0.3 is 25.4 Å². The van der Waals surface area contributed by atoms with Gasteiger partial charge in [0, 0.05) is 6.54 Å². The SMILES string of the molecule is O=C(O)CC1CC[C@H](NC(=O)[C@H]2Cc3ccccc3CN2)B(O)O1. The summed E-state index contributed by atoms with van der Waals surface area (Å²) in [4.78, 5) is 23.1. The number of nitrogens with one attached hydrogen (secondary N) is 2. The summed E-state index contributed by atoms with van der Waals surface area (Å²) >= 11 is 0. The van der Waals surface area contributed by atoms with E-state index in [0.717, 1.165) is 5.56 Å². The number of rotatable bonds is 4. The molecular weight excluding hydrogens is 311 g/mol. The molecule has 1 saturated heterocycles. The molecule has 1 unspecified atom stereocenters. The van der Waals surface area contributed by atoms with E-state index in [-0.39, 0.29) is 18.4 Å². The van der Waals surface area contributed by atoms with Crippen molar-refractivity contribution >= 4 is 19.0 Å². The minimum Gasteiger partial charge on any atom is -0.481 e. The van der Waals surface area contributed by atoms with Crippen molar-refractivity contribution in [2.45, 2.75) is 50.3 Å². The van der Waals surface area contributed by atoms with Crippen LogP contribution in [-0.4, -0.2) is 47.2 Å². The Morgan fingerprint density at radius 1 is 1.29 bits per heavy atom.